The Kier molecular flexibility index (Phi) is 5.22. The van der Waals surface area contributed by atoms with Crippen molar-refractivity contribution in [3.8, 4) is 0 Å². The number of aryl methyl sites for hydroxylation is 2. The van der Waals surface area contributed by atoms with Gasteiger partial charge in [0.15, 0.2) is 0 Å². The highest BCUT2D eigenvalue weighted by Gasteiger charge is 2.11. The van der Waals surface area contributed by atoms with Crippen LogP contribution in [0.5, 0.6) is 0 Å². The highest BCUT2D eigenvalue weighted by molar-refractivity contribution is 6.03. The number of carbonyl (C=O) groups is 1. The van der Waals surface area contributed by atoms with Crippen LogP contribution in [0, 0.1) is 19.7 Å². The van der Waals surface area contributed by atoms with Crippen LogP contribution in [0.3, 0.4) is 0 Å². The second-order valence-electron chi connectivity index (χ2n) is 5.99. The van der Waals surface area contributed by atoms with Gasteiger partial charge in [-0.2, -0.15) is 0 Å². The first-order valence-corrected chi connectivity index (χ1v) is 8.21. The summed E-state index contributed by atoms with van der Waals surface area (Å²) in [6.07, 6.45) is 0. The van der Waals surface area contributed by atoms with Crippen molar-refractivity contribution in [3.05, 3.63) is 83.1 Å². The number of benzene rings is 2. The fraction of sp³-hybridized carbons (Fsp3) is 0.150. The van der Waals surface area contributed by atoms with Crippen molar-refractivity contribution >= 4 is 17.4 Å². The van der Waals surface area contributed by atoms with Crippen LogP contribution in [0.1, 0.15) is 27.4 Å². The molecule has 2 N–H and O–H groups in total. The van der Waals surface area contributed by atoms with Gasteiger partial charge in [-0.05, 0) is 49.2 Å². The minimum Gasteiger partial charge on any atom is -0.366 e. The molecule has 0 spiro atoms. The van der Waals surface area contributed by atoms with Gasteiger partial charge in [0.05, 0.1) is 0 Å². The van der Waals surface area contributed by atoms with Crippen LogP contribution in [0.15, 0.2) is 54.6 Å². The Morgan fingerprint density at radius 3 is 2.54 bits per heavy atom. The number of aromatic nitrogens is 2. The Bertz CT molecular complexity index is 925. The van der Waals surface area contributed by atoms with Crippen LogP contribution < -0.4 is 10.6 Å². The van der Waals surface area contributed by atoms with E-state index in [4.69, 9.17) is 0 Å². The van der Waals surface area contributed by atoms with E-state index in [2.05, 4.69) is 20.6 Å². The fourth-order valence-corrected chi connectivity index (χ4v) is 2.49. The maximum Gasteiger partial charge on any atom is 0.274 e. The second kappa shape index (κ2) is 7.74. The van der Waals surface area contributed by atoms with Crippen LogP contribution in [0.2, 0.25) is 0 Å². The van der Waals surface area contributed by atoms with Crippen LogP contribution in [-0.4, -0.2) is 15.9 Å². The predicted molar refractivity (Wildman–Crippen MR) is 99.6 cm³/mol. The van der Waals surface area contributed by atoms with Gasteiger partial charge in [-0.1, -0.05) is 24.3 Å². The number of nitrogens with one attached hydrogen (secondary N) is 2. The van der Waals surface area contributed by atoms with Gasteiger partial charge in [0.2, 0.25) is 0 Å². The van der Waals surface area contributed by atoms with Gasteiger partial charge < -0.3 is 10.6 Å². The maximum atomic E-state index is 13.0. The number of halogens is 1. The Labute approximate surface area is 151 Å². The summed E-state index contributed by atoms with van der Waals surface area (Å²) in [7, 11) is 0. The molecule has 0 aliphatic carbocycles. The Hall–Kier alpha value is -3.28. The van der Waals surface area contributed by atoms with E-state index in [1.165, 1.54) is 12.1 Å². The molecule has 0 fully saturated rings. The number of hydrogen-bond acceptors (Lipinski definition) is 4. The molecular formula is C20H19FN4O. The Balaban J connectivity index is 1.72. The zero-order valence-electron chi connectivity index (χ0n) is 14.6. The molecule has 1 aromatic heterocycles. The molecule has 0 radical (unpaired) electrons. The first-order chi connectivity index (χ1) is 12.5. The van der Waals surface area contributed by atoms with Gasteiger partial charge in [-0.3, -0.25) is 4.79 Å². The van der Waals surface area contributed by atoms with E-state index in [1.807, 2.05) is 31.2 Å². The topological polar surface area (TPSA) is 66.9 Å². The minimum absolute atomic E-state index is 0.276. The molecule has 0 aliphatic heterocycles. The molecule has 132 valence electrons. The van der Waals surface area contributed by atoms with Gasteiger partial charge in [0.25, 0.3) is 5.91 Å². The van der Waals surface area contributed by atoms with Gasteiger partial charge in [-0.15, -0.1) is 0 Å². The summed E-state index contributed by atoms with van der Waals surface area (Å²) in [5, 5.41) is 5.97. The average Bonchev–Trinajstić information content (AvgIpc) is 2.61. The first kappa shape index (κ1) is 17.5. The van der Waals surface area contributed by atoms with Crippen molar-refractivity contribution in [2.24, 2.45) is 0 Å². The molecule has 0 saturated heterocycles. The summed E-state index contributed by atoms with van der Waals surface area (Å²) < 4.78 is 13.0. The number of rotatable bonds is 5. The lowest BCUT2D eigenvalue weighted by Crippen LogP contribution is -2.16. The summed E-state index contributed by atoms with van der Waals surface area (Å²) in [5.74, 6) is 0.451. The third kappa shape index (κ3) is 4.63. The highest BCUT2D eigenvalue weighted by atomic mass is 19.1. The molecule has 5 nitrogen and oxygen atoms in total. The van der Waals surface area contributed by atoms with E-state index in [9.17, 15) is 9.18 Å². The third-order valence-corrected chi connectivity index (χ3v) is 3.73. The van der Waals surface area contributed by atoms with Gasteiger partial charge in [0, 0.05) is 18.3 Å². The van der Waals surface area contributed by atoms with E-state index < -0.39 is 0 Å². The van der Waals surface area contributed by atoms with E-state index in [-0.39, 0.29) is 17.4 Å². The molecule has 0 unspecified atom stereocenters. The Morgan fingerprint density at radius 1 is 1.04 bits per heavy atom. The number of carbonyl (C=O) groups excluding carboxylic acids is 1. The highest BCUT2D eigenvalue weighted by Crippen LogP contribution is 2.14. The number of nitrogens with zero attached hydrogens (tertiary/aromatic N) is 2. The van der Waals surface area contributed by atoms with E-state index in [0.29, 0.717) is 23.9 Å². The Morgan fingerprint density at radius 2 is 1.81 bits per heavy atom. The number of hydrogen-bond donors (Lipinski definition) is 2. The van der Waals surface area contributed by atoms with Crippen molar-refractivity contribution in [1.82, 2.24) is 9.97 Å². The van der Waals surface area contributed by atoms with Crippen LogP contribution in [0.25, 0.3) is 0 Å². The largest absolute Gasteiger partial charge is 0.366 e. The average molecular weight is 350 g/mol. The molecule has 1 amide bonds. The van der Waals surface area contributed by atoms with Crippen molar-refractivity contribution in [1.29, 1.82) is 0 Å². The molecule has 0 bridgehead atoms. The van der Waals surface area contributed by atoms with Crippen molar-refractivity contribution in [2.75, 3.05) is 10.6 Å². The normalized spacial score (nSPS) is 10.4. The quantitative estimate of drug-likeness (QED) is 0.727. The summed E-state index contributed by atoms with van der Waals surface area (Å²) in [6, 6.07) is 15.4. The molecule has 2 aromatic carbocycles. The molecule has 3 aromatic rings. The molecule has 0 saturated carbocycles. The van der Waals surface area contributed by atoms with E-state index >= 15 is 0 Å². The first-order valence-electron chi connectivity index (χ1n) is 8.21. The SMILES string of the molecule is Cc1cccc(NC(=O)c2cc(NCc3ccc(F)cc3)nc(C)n2)c1. The molecule has 1 heterocycles. The molecule has 3 rings (SSSR count). The van der Waals surface area contributed by atoms with Gasteiger partial charge in [-0.25, -0.2) is 14.4 Å². The van der Waals surface area contributed by atoms with Crippen LogP contribution in [0.4, 0.5) is 15.9 Å². The lowest BCUT2D eigenvalue weighted by atomic mass is 10.2. The number of anilines is 2. The van der Waals surface area contributed by atoms with Crippen molar-refractivity contribution < 1.29 is 9.18 Å². The van der Waals surface area contributed by atoms with E-state index in [1.54, 1.807) is 25.1 Å². The minimum atomic E-state index is -0.300. The third-order valence-electron chi connectivity index (χ3n) is 3.73. The monoisotopic (exact) mass is 350 g/mol. The fourth-order valence-electron chi connectivity index (χ4n) is 2.49. The van der Waals surface area contributed by atoms with E-state index in [0.717, 1.165) is 11.1 Å². The molecule has 6 heteroatoms. The number of amides is 1. The van der Waals surface area contributed by atoms with Gasteiger partial charge >= 0.3 is 0 Å². The summed E-state index contributed by atoms with van der Waals surface area (Å²) in [6.45, 7) is 4.16. The van der Waals surface area contributed by atoms with Gasteiger partial charge in [0.1, 0.15) is 23.2 Å². The molecule has 26 heavy (non-hydrogen) atoms. The predicted octanol–water partition coefficient (Wildman–Crippen LogP) is 4.10. The maximum absolute atomic E-state index is 13.0. The lowest BCUT2D eigenvalue weighted by molar-refractivity contribution is 0.102. The summed E-state index contributed by atoms with van der Waals surface area (Å²) in [5.41, 5.74) is 2.96. The zero-order valence-corrected chi connectivity index (χ0v) is 14.6. The summed E-state index contributed by atoms with van der Waals surface area (Å²) >= 11 is 0. The zero-order chi connectivity index (χ0) is 18.5. The van der Waals surface area contributed by atoms with Crippen LogP contribution in [-0.2, 0) is 6.54 Å². The van der Waals surface area contributed by atoms with Crippen molar-refractivity contribution in [3.63, 3.8) is 0 Å². The lowest BCUT2D eigenvalue weighted by Gasteiger charge is -2.10. The van der Waals surface area contributed by atoms with Crippen molar-refractivity contribution in [2.45, 2.75) is 20.4 Å². The molecular weight excluding hydrogens is 331 g/mol. The smallest absolute Gasteiger partial charge is 0.274 e. The van der Waals surface area contributed by atoms with Crippen LogP contribution >= 0.6 is 0 Å². The summed E-state index contributed by atoms with van der Waals surface area (Å²) in [4.78, 5) is 21.0. The standard InChI is InChI=1S/C20H19FN4O/c1-13-4-3-5-17(10-13)25-20(26)18-11-19(24-14(2)23-18)22-12-15-6-8-16(21)9-7-15/h3-11H,12H2,1-2H3,(H,25,26)(H,22,23,24). The molecule has 0 aliphatic rings. The second-order valence-corrected chi connectivity index (χ2v) is 5.99. The molecule has 0 atom stereocenters.